The molecule has 2 N–H and O–H groups in total. The van der Waals surface area contributed by atoms with Crippen LogP contribution in [-0.2, 0) is 17.6 Å². The van der Waals surface area contributed by atoms with Gasteiger partial charge in [-0.1, -0.05) is 54.6 Å². The molecule has 0 unspecified atom stereocenters. The summed E-state index contributed by atoms with van der Waals surface area (Å²) >= 11 is 5.24. The molecule has 0 aliphatic heterocycles. The summed E-state index contributed by atoms with van der Waals surface area (Å²) in [4.78, 5) is 16.6. The second-order valence-electron chi connectivity index (χ2n) is 6.61. The predicted octanol–water partition coefficient (Wildman–Crippen LogP) is 4.47. The van der Waals surface area contributed by atoms with Crippen molar-refractivity contribution in [3.63, 3.8) is 0 Å². The molecule has 0 fully saturated rings. The lowest BCUT2D eigenvalue weighted by Gasteiger charge is -2.10. The van der Waals surface area contributed by atoms with Crippen molar-refractivity contribution in [1.29, 1.82) is 0 Å². The Kier molecular flexibility index (Phi) is 5.63. The maximum Gasteiger partial charge on any atom is 0.230 e. The highest BCUT2D eigenvalue weighted by Gasteiger charge is 2.08. The summed E-state index contributed by atoms with van der Waals surface area (Å²) in [6, 6.07) is 25.0. The number of carbonyl (C=O) groups is 1. The second-order valence-corrected chi connectivity index (χ2v) is 7.02. The Balaban J connectivity index is 1.31. The van der Waals surface area contributed by atoms with E-state index in [0.29, 0.717) is 12.3 Å². The van der Waals surface area contributed by atoms with Crippen LogP contribution in [-0.4, -0.2) is 16.0 Å². The Labute approximate surface area is 173 Å². The summed E-state index contributed by atoms with van der Waals surface area (Å²) in [5.41, 5.74) is 4.46. The van der Waals surface area contributed by atoms with E-state index < -0.39 is 0 Å². The highest BCUT2D eigenvalue weighted by atomic mass is 32.1. The molecule has 144 valence electrons. The number of amides is 1. The molecule has 1 heterocycles. The summed E-state index contributed by atoms with van der Waals surface area (Å²) in [5.74, 6) is 0.525. The number of hydrogen-bond acceptors (Lipinski definition) is 4. The SMILES string of the molecule is O=C(Cc1ccccc1)NC(=S)Nc1ccc(Cc2nc3ccccc3o2)cc1. The first-order chi connectivity index (χ1) is 14.2. The first-order valence-electron chi connectivity index (χ1n) is 9.24. The highest BCUT2D eigenvalue weighted by molar-refractivity contribution is 7.80. The van der Waals surface area contributed by atoms with Crippen LogP contribution in [0.5, 0.6) is 0 Å². The number of aromatic nitrogens is 1. The maximum absolute atomic E-state index is 12.1. The lowest BCUT2D eigenvalue weighted by molar-refractivity contribution is -0.119. The molecule has 0 aliphatic carbocycles. The predicted molar refractivity (Wildman–Crippen MR) is 118 cm³/mol. The lowest BCUT2D eigenvalue weighted by Crippen LogP contribution is -2.35. The molecule has 5 nitrogen and oxygen atoms in total. The van der Waals surface area contributed by atoms with Gasteiger partial charge >= 0.3 is 0 Å². The Morgan fingerprint density at radius 1 is 0.897 bits per heavy atom. The number of benzene rings is 3. The zero-order chi connectivity index (χ0) is 20.1. The van der Waals surface area contributed by atoms with E-state index >= 15 is 0 Å². The number of oxazole rings is 1. The van der Waals surface area contributed by atoms with Crippen molar-refractivity contribution in [2.75, 3.05) is 5.32 Å². The zero-order valence-corrected chi connectivity index (χ0v) is 16.4. The van der Waals surface area contributed by atoms with Gasteiger partial charge in [-0.25, -0.2) is 4.98 Å². The van der Waals surface area contributed by atoms with Crippen LogP contribution in [0.1, 0.15) is 17.0 Å². The fourth-order valence-corrected chi connectivity index (χ4v) is 3.22. The number of carbonyl (C=O) groups excluding carboxylic acids is 1. The standard InChI is InChI=1S/C23H19N3O2S/c27-21(14-16-6-2-1-3-7-16)26-23(29)24-18-12-10-17(11-13-18)15-22-25-19-8-4-5-9-20(19)28-22/h1-13H,14-15H2,(H2,24,26,27,29). The summed E-state index contributed by atoms with van der Waals surface area (Å²) in [6.07, 6.45) is 0.888. The second kappa shape index (κ2) is 8.67. The zero-order valence-electron chi connectivity index (χ0n) is 15.6. The van der Waals surface area contributed by atoms with Crippen LogP contribution < -0.4 is 10.6 Å². The van der Waals surface area contributed by atoms with Crippen LogP contribution in [0.15, 0.2) is 83.3 Å². The average Bonchev–Trinajstić information content (AvgIpc) is 3.12. The minimum atomic E-state index is -0.152. The Morgan fingerprint density at radius 2 is 1.62 bits per heavy atom. The van der Waals surface area contributed by atoms with Gasteiger partial charge in [0.2, 0.25) is 5.91 Å². The van der Waals surface area contributed by atoms with Gasteiger partial charge in [-0.2, -0.15) is 0 Å². The average molecular weight is 401 g/mol. The van der Waals surface area contributed by atoms with E-state index in [1.807, 2.05) is 78.9 Å². The van der Waals surface area contributed by atoms with Crippen LogP contribution in [0.25, 0.3) is 11.1 Å². The molecule has 4 rings (SSSR count). The smallest absolute Gasteiger partial charge is 0.230 e. The fraction of sp³-hybridized carbons (Fsp3) is 0.0870. The molecule has 1 aromatic heterocycles. The third-order valence-corrected chi connectivity index (χ3v) is 4.57. The van der Waals surface area contributed by atoms with Crippen molar-refractivity contribution in [2.45, 2.75) is 12.8 Å². The lowest BCUT2D eigenvalue weighted by atomic mass is 10.1. The monoisotopic (exact) mass is 401 g/mol. The van der Waals surface area contributed by atoms with Gasteiger partial charge < -0.3 is 15.1 Å². The first-order valence-corrected chi connectivity index (χ1v) is 9.65. The van der Waals surface area contributed by atoms with Gasteiger partial charge in [-0.05, 0) is 47.6 Å². The molecule has 0 atom stereocenters. The van der Waals surface area contributed by atoms with Crippen LogP contribution in [0.3, 0.4) is 0 Å². The first kappa shape index (κ1) is 18.8. The van der Waals surface area contributed by atoms with Gasteiger partial charge in [0, 0.05) is 12.1 Å². The molecule has 0 bridgehead atoms. The quantitative estimate of drug-likeness (QED) is 0.483. The molecule has 0 saturated heterocycles. The van der Waals surface area contributed by atoms with Crippen molar-refractivity contribution in [2.24, 2.45) is 0 Å². The van der Waals surface area contributed by atoms with Crippen molar-refractivity contribution >= 4 is 40.0 Å². The Hall–Kier alpha value is -3.51. The maximum atomic E-state index is 12.1. The number of fused-ring (bicyclic) bond motifs is 1. The molecule has 6 heteroatoms. The van der Waals surface area contributed by atoms with Gasteiger partial charge in [0.15, 0.2) is 16.6 Å². The number of thiocarbonyl (C=S) groups is 1. The molecule has 29 heavy (non-hydrogen) atoms. The van der Waals surface area contributed by atoms with Crippen molar-refractivity contribution in [3.05, 3.63) is 95.9 Å². The minimum absolute atomic E-state index is 0.152. The largest absolute Gasteiger partial charge is 0.440 e. The van der Waals surface area contributed by atoms with Crippen LogP contribution in [0, 0.1) is 0 Å². The van der Waals surface area contributed by atoms with E-state index in [1.54, 1.807) is 0 Å². The van der Waals surface area contributed by atoms with Gasteiger partial charge in [-0.15, -0.1) is 0 Å². The van der Waals surface area contributed by atoms with Crippen LogP contribution in [0.4, 0.5) is 5.69 Å². The minimum Gasteiger partial charge on any atom is -0.440 e. The van der Waals surface area contributed by atoms with Gasteiger partial charge in [-0.3, -0.25) is 4.79 Å². The van der Waals surface area contributed by atoms with Crippen molar-refractivity contribution < 1.29 is 9.21 Å². The molecule has 0 radical (unpaired) electrons. The molecule has 0 spiro atoms. The summed E-state index contributed by atoms with van der Waals surface area (Å²) in [6.45, 7) is 0. The summed E-state index contributed by atoms with van der Waals surface area (Å²) in [7, 11) is 0. The highest BCUT2D eigenvalue weighted by Crippen LogP contribution is 2.18. The molecule has 1 amide bonds. The number of anilines is 1. The Bertz CT molecular complexity index is 1100. The van der Waals surface area contributed by atoms with Gasteiger partial charge in [0.25, 0.3) is 0 Å². The topological polar surface area (TPSA) is 67.2 Å². The van der Waals surface area contributed by atoms with E-state index in [9.17, 15) is 4.79 Å². The third-order valence-electron chi connectivity index (χ3n) is 4.37. The number of nitrogens with one attached hydrogen (secondary N) is 2. The molecular weight excluding hydrogens is 382 g/mol. The summed E-state index contributed by atoms with van der Waals surface area (Å²) in [5, 5.41) is 6.01. The van der Waals surface area contributed by atoms with Crippen LogP contribution >= 0.6 is 12.2 Å². The van der Waals surface area contributed by atoms with E-state index in [4.69, 9.17) is 16.6 Å². The molecular formula is C23H19N3O2S. The third kappa shape index (κ3) is 5.06. The number of nitrogens with zero attached hydrogens (tertiary/aromatic N) is 1. The molecule has 0 aliphatic rings. The number of hydrogen-bond donors (Lipinski definition) is 2. The van der Waals surface area contributed by atoms with Crippen molar-refractivity contribution in [1.82, 2.24) is 10.3 Å². The fourth-order valence-electron chi connectivity index (χ4n) is 2.99. The Morgan fingerprint density at radius 3 is 2.38 bits per heavy atom. The van der Waals surface area contributed by atoms with Crippen LogP contribution in [0.2, 0.25) is 0 Å². The number of rotatable bonds is 5. The normalized spacial score (nSPS) is 10.6. The van der Waals surface area contributed by atoms with E-state index in [2.05, 4.69) is 15.6 Å². The van der Waals surface area contributed by atoms with E-state index in [0.717, 1.165) is 27.9 Å². The van der Waals surface area contributed by atoms with Gasteiger partial charge in [0.1, 0.15) is 5.52 Å². The molecule has 3 aromatic carbocycles. The van der Waals surface area contributed by atoms with E-state index in [-0.39, 0.29) is 17.4 Å². The van der Waals surface area contributed by atoms with Crippen molar-refractivity contribution in [3.8, 4) is 0 Å². The van der Waals surface area contributed by atoms with E-state index in [1.165, 1.54) is 0 Å². The molecule has 4 aromatic rings. The molecule has 0 saturated carbocycles. The summed E-state index contributed by atoms with van der Waals surface area (Å²) < 4.78 is 5.76. The van der Waals surface area contributed by atoms with Gasteiger partial charge in [0.05, 0.1) is 6.42 Å². The number of para-hydroxylation sites is 2.